The van der Waals surface area contributed by atoms with Crippen molar-refractivity contribution in [1.29, 1.82) is 0 Å². The number of carbonyl (C=O) groups excluding carboxylic acids is 1. The monoisotopic (exact) mass is 266 g/mol. The highest BCUT2D eigenvalue weighted by atomic mass is 16.1. The average Bonchev–Trinajstić information content (AvgIpc) is 2.38. The van der Waals surface area contributed by atoms with Gasteiger partial charge in [-0.3, -0.25) is 4.79 Å². The molecule has 0 saturated heterocycles. The zero-order valence-corrected chi connectivity index (χ0v) is 11.6. The van der Waals surface area contributed by atoms with Crippen molar-refractivity contribution in [3.05, 3.63) is 59.3 Å². The normalized spacial score (nSPS) is 16.4. The van der Waals surface area contributed by atoms with Crippen LogP contribution in [0.5, 0.6) is 0 Å². The van der Waals surface area contributed by atoms with Gasteiger partial charge in [-0.1, -0.05) is 36.8 Å². The Morgan fingerprint density at radius 2 is 1.90 bits per heavy atom. The minimum atomic E-state index is -0.400. The number of carbonyl (C=O) groups is 1. The third-order valence-electron chi connectivity index (χ3n) is 4.38. The third-order valence-corrected chi connectivity index (χ3v) is 4.38. The number of nitrogens with zero attached hydrogens (tertiary/aromatic N) is 1. The summed E-state index contributed by atoms with van der Waals surface area (Å²) in [5.41, 5.74) is 8.14. The Bertz CT molecular complexity index is 625. The Morgan fingerprint density at radius 1 is 1.20 bits per heavy atom. The quantitative estimate of drug-likeness (QED) is 0.867. The number of hydrogen-bond acceptors (Lipinski definition) is 3. The van der Waals surface area contributed by atoms with E-state index in [1.54, 1.807) is 6.20 Å². The summed E-state index contributed by atoms with van der Waals surface area (Å²) in [5, 5.41) is 0. The molecular formula is C17H18N2O. The molecule has 20 heavy (non-hydrogen) atoms. The molecule has 2 N–H and O–H groups in total. The van der Waals surface area contributed by atoms with E-state index >= 15 is 0 Å². The van der Waals surface area contributed by atoms with E-state index in [1.165, 1.54) is 0 Å². The molecule has 1 aromatic heterocycles. The smallest absolute Gasteiger partial charge is 0.177 e. The van der Waals surface area contributed by atoms with Crippen LogP contribution >= 0.6 is 0 Å². The number of pyridine rings is 1. The lowest BCUT2D eigenvalue weighted by Crippen LogP contribution is -2.43. The summed E-state index contributed by atoms with van der Waals surface area (Å²) in [4.78, 5) is 17.2. The SMILES string of the molecule is Cc1ccnc(N)c1C(=O)C1(c2ccccc2)CCC1. The number of anilines is 1. The summed E-state index contributed by atoms with van der Waals surface area (Å²) in [7, 11) is 0. The fourth-order valence-corrected chi connectivity index (χ4v) is 3.05. The van der Waals surface area contributed by atoms with E-state index in [1.807, 2.05) is 43.3 Å². The van der Waals surface area contributed by atoms with Crippen molar-refractivity contribution in [2.75, 3.05) is 5.73 Å². The Kier molecular flexibility index (Phi) is 3.05. The van der Waals surface area contributed by atoms with Gasteiger partial charge in [-0.25, -0.2) is 4.98 Å². The molecule has 1 fully saturated rings. The van der Waals surface area contributed by atoms with E-state index in [0.717, 1.165) is 30.4 Å². The number of benzene rings is 1. The lowest BCUT2D eigenvalue weighted by molar-refractivity contribution is 0.0789. The van der Waals surface area contributed by atoms with E-state index in [2.05, 4.69) is 4.98 Å². The minimum Gasteiger partial charge on any atom is -0.383 e. The van der Waals surface area contributed by atoms with Gasteiger partial charge < -0.3 is 5.73 Å². The second-order valence-electron chi connectivity index (χ2n) is 5.52. The number of aryl methyl sites for hydroxylation is 1. The highest BCUT2D eigenvalue weighted by Gasteiger charge is 2.46. The van der Waals surface area contributed by atoms with Gasteiger partial charge in [0.1, 0.15) is 5.82 Å². The predicted molar refractivity (Wildman–Crippen MR) is 79.7 cm³/mol. The van der Waals surface area contributed by atoms with Crippen molar-refractivity contribution in [3.63, 3.8) is 0 Å². The maximum atomic E-state index is 13.1. The molecular weight excluding hydrogens is 248 g/mol. The molecule has 1 saturated carbocycles. The van der Waals surface area contributed by atoms with Crippen LogP contribution in [0.4, 0.5) is 5.82 Å². The number of hydrogen-bond donors (Lipinski definition) is 1. The van der Waals surface area contributed by atoms with Crippen LogP contribution in [0, 0.1) is 6.92 Å². The molecule has 0 aliphatic heterocycles. The summed E-state index contributed by atoms with van der Waals surface area (Å²) >= 11 is 0. The fourth-order valence-electron chi connectivity index (χ4n) is 3.05. The van der Waals surface area contributed by atoms with Crippen LogP contribution in [0.3, 0.4) is 0 Å². The number of aromatic nitrogens is 1. The molecule has 1 heterocycles. The zero-order chi connectivity index (χ0) is 14.2. The molecule has 0 bridgehead atoms. The van der Waals surface area contributed by atoms with E-state index in [-0.39, 0.29) is 5.78 Å². The molecule has 3 rings (SSSR count). The van der Waals surface area contributed by atoms with Crippen LogP contribution < -0.4 is 5.73 Å². The topological polar surface area (TPSA) is 56.0 Å². The van der Waals surface area contributed by atoms with Crippen LogP contribution in [-0.4, -0.2) is 10.8 Å². The molecule has 1 aliphatic carbocycles. The minimum absolute atomic E-state index is 0.123. The summed E-state index contributed by atoms with van der Waals surface area (Å²) in [6, 6.07) is 11.9. The molecule has 102 valence electrons. The molecule has 0 unspecified atom stereocenters. The van der Waals surface area contributed by atoms with Gasteiger partial charge in [0.2, 0.25) is 0 Å². The first-order chi connectivity index (χ1) is 9.65. The van der Waals surface area contributed by atoms with Crippen LogP contribution in [-0.2, 0) is 5.41 Å². The molecule has 0 radical (unpaired) electrons. The van der Waals surface area contributed by atoms with Crippen LogP contribution in [0.15, 0.2) is 42.6 Å². The second kappa shape index (κ2) is 4.75. The Labute approximate surface area is 118 Å². The molecule has 0 atom stereocenters. The number of rotatable bonds is 3. The van der Waals surface area contributed by atoms with E-state index in [9.17, 15) is 4.79 Å². The number of nitrogen functional groups attached to an aromatic ring is 1. The second-order valence-corrected chi connectivity index (χ2v) is 5.52. The highest BCUT2D eigenvalue weighted by Crippen LogP contribution is 2.46. The van der Waals surface area contributed by atoms with Gasteiger partial charge in [0, 0.05) is 6.20 Å². The fraction of sp³-hybridized carbons (Fsp3) is 0.294. The average molecular weight is 266 g/mol. The first-order valence-electron chi connectivity index (χ1n) is 6.96. The first kappa shape index (κ1) is 12.9. The van der Waals surface area contributed by atoms with Gasteiger partial charge in [-0.2, -0.15) is 0 Å². The molecule has 0 amide bonds. The first-order valence-corrected chi connectivity index (χ1v) is 6.96. The van der Waals surface area contributed by atoms with Crippen molar-refractivity contribution in [1.82, 2.24) is 4.98 Å². The van der Waals surface area contributed by atoms with Crippen molar-refractivity contribution in [3.8, 4) is 0 Å². The van der Waals surface area contributed by atoms with E-state index < -0.39 is 5.41 Å². The summed E-state index contributed by atoms with van der Waals surface area (Å²) in [6.45, 7) is 1.92. The van der Waals surface area contributed by atoms with Crippen LogP contribution in [0.1, 0.15) is 40.7 Å². The molecule has 2 aromatic rings. The van der Waals surface area contributed by atoms with Gasteiger partial charge >= 0.3 is 0 Å². The largest absolute Gasteiger partial charge is 0.383 e. The van der Waals surface area contributed by atoms with Gasteiger partial charge in [-0.05, 0) is 37.0 Å². The maximum absolute atomic E-state index is 13.1. The van der Waals surface area contributed by atoms with Gasteiger partial charge in [0.05, 0.1) is 11.0 Å². The molecule has 3 nitrogen and oxygen atoms in total. The van der Waals surface area contributed by atoms with Gasteiger partial charge in [0.25, 0.3) is 0 Å². The lowest BCUT2D eigenvalue weighted by Gasteiger charge is -2.41. The zero-order valence-electron chi connectivity index (χ0n) is 11.6. The van der Waals surface area contributed by atoms with E-state index in [4.69, 9.17) is 5.73 Å². The van der Waals surface area contributed by atoms with E-state index in [0.29, 0.717) is 11.4 Å². The van der Waals surface area contributed by atoms with Crippen LogP contribution in [0.2, 0.25) is 0 Å². The van der Waals surface area contributed by atoms with Crippen molar-refractivity contribution >= 4 is 11.6 Å². The maximum Gasteiger partial charge on any atom is 0.177 e. The number of ketones is 1. The molecule has 1 aliphatic rings. The number of nitrogens with two attached hydrogens (primary N) is 1. The molecule has 3 heteroatoms. The standard InChI is InChI=1S/C17H18N2O/c1-12-8-11-19-16(18)14(12)15(20)17(9-5-10-17)13-6-3-2-4-7-13/h2-4,6-8,11H,5,9-10H2,1H3,(H2,18,19). The van der Waals surface area contributed by atoms with Crippen molar-refractivity contribution in [2.45, 2.75) is 31.6 Å². The third kappa shape index (κ3) is 1.82. The van der Waals surface area contributed by atoms with Crippen molar-refractivity contribution in [2.24, 2.45) is 0 Å². The summed E-state index contributed by atoms with van der Waals surface area (Å²) < 4.78 is 0. The predicted octanol–water partition coefficient (Wildman–Crippen LogP) is 3.28. The Balaban J connectivity index is 2.09. The Hall–Kier alpha value is -2.16. The van der Waals surface area contributed by atoms with Crippen LogP contribution in [0.25, 0.3) is 0 Å². The highest BCUT2D eigenvalue weighted by molar-refractivity contribution is 6.08. The van der Waals surface area contributed by atoms with Gasteiger partial charge in [-0.15, -0.1) is 0 Å². The number of Topliss-reactive ketones (excluding diaryl/α,β-unsaturated/α-hetero) is 1. The van der Waals surface area contributed by atoms with Gasteiger partial charge in [0.15, 0.2) is 5.78 Å². The Morgan fingerprint density at radius 3 is 2.45 bits per heavy atom. The lowest BCUT2D eigenvalue weighted by atomic mass is 9.60. The molecule has 0 spiro atoms. The molecule has 1 aromatic carbocycles. The summed E-state index contributed by atoms with van der Waals surface area (Å²) in [6.07, 6.45) is 4.52. The van der Waals surface area contributed by atoms with Crippen molar-refractivity contribution < 1.29 is 4.79 Å². The summed E-state index contributed by atoms with van der Waals surface area (Å²) in [5.74, 6) is 0.468.